The molecular weight excluding hydrogens is 260 g/mol. The topological polar surface area (TPSA) is 86.6 Å². The quantitative estimate of drug-likeness (QED) is 0.744. The molecule has 0 aliphatic carbocycles. The Bertz CT molecular complexity index is 482. The number of benzene rings is 1. The predicted octanol–water partition coefficient (Wildman–Crippen LogP) is 0.920. The molecule has 0 bridgehead atoms. The smallest absolute Gasteiger partial charge is 0.306 e. The molecule has 1 aromatic carbocycles. The molecule has 19 heavy (non-hydrogen) atoms. The molecule has 7 heteroatoms. The first kappa shape index (κ1) is 15.0. The van der Waals surface area contributed by atoms with Gasteiger partial charge >= 0.3 is 5.97 Å². The van der Waals surface area contributed by atoms with Gasteiger partial charge in [-0.3, -0.25) is 9.59 Å². The fourth-order valence-corrected chi connectivity index (χ4v) is 1.45. The zero-order valence-electron chi connectivity index (χ0n) is 10.1. The first-order valence-electron chi connectivity index (χ1n) is 5.38. The largest absolute Gasteiger partial charge is 0.481 e. The van der Waals surface area contributed by atoms with E-state index in [2.05, 4.69) is 5.32 Å². The van der Waals surface area contributed by atoms with Crippen molar-refractivity contribution in [1.29, 1.82) is 0 Å². The number of aliphatic hydroxyl groups is 1. The molecule has 0 radical (unpaired) electrons. The number of halogens is 2. The van der Waals surface area contributed by atoms with Gasteiger partial charge in [-0.05, 0) is 19.1 Å². The van der Waals surface area contributed by atoms with Gasteiger partial charge in [0, 0.05) is 18.2 Å². The first-order valence-corrected chi connectivity index (χ1v) is 5.38. The highest BCUT2D eigenvalue weighted by atomic mass is 19.1. The lowest BCUT2D eigenvalue weighted by atomic mass is 10.0. The molecule has 0 heterocycles. The second-order valence-corrected chi connectivity index (χ2v) is 4.41. The lowest BCUT2D eigenvalue weighted by Crippen LogP contribution is -2.42. The number of aliphatic carboxylic acids is 1. The van der Waals surface area contributed by atoms with Crippen molar-refractivity contribution < 1.29 is 28.6 Å². The van der Waals surface area contributed by atoms with Crippen LogP contribution in [0.1, 0.15) is 23.7 Å². The van der Waals surface area contributed by atoms with E-state index in [1.54, 1.807) is 0 Å². The van der Waals surface area contributed by atoms with Crippen LogP contribution in [0.15, 0.2) is 18.2 Å². The van der Waals surface area contributed by atoms with Crippen LogP contribution in [0.4, 0.5) is 8.78 Å². The Morgan fingerprint density at radius 1 is 1.26 bits per heavy atom. The van der Waals surface area contributed by atoms with E-state index >= 15 is 0 Å². The van der Waals surface area contributed by atoms with Crippen molar-refractivity contribution in [3.05, 3.63) is 35.4 Å². The van der Waals surface area contributed by atoms with Crippen molar-refractivity contribution >= 4 is 11.9 Å². The van der Waals surface area contributed by atoms with Crippen molar-refractivity contribution in [2.75, 3.05) is 6.54 Å². The lowest BCUT2D eigenvalue weighted by molar-refractivity contribution is -0.141. The van der Waals surface area contributed by atoms with Crippen molar-refractivity contribution in [1.82, 2.24) is 5.32 Å². The standard InChI is InChI=1S/C12H13F2NO4/c1-12(19,5-10(16)17)6-15-11(18)7-2-8(13)4-9(14)3-7/h2-4,19H,5-6H2,1H3,(H,15,18)(H,16,17). The summed E-state index contributed by atoms with van der Waals surface area (Å²) in [4.78, 5) is 22.0. The summed E-state index contributed by atoms with van der Waals surface area (Å²) in [5, 5.41) is 20.4. The third-order valence-electron chi connectivity index (χ3n) is 2.29. The Kier molecular flexibility index (Phi) is 4.55. The molecule has 0 spiro atoms. The predicted molar refractivity (Wildman–Crippen MR) is 61.6 cm³/mol. The Hall–Kier alpha value is -2.02. The van der Waals surface area contributed by atoms with E-state index in [1.165, 1.54) is 6.92 Å². The monoisotopic (exact) mass is 273 g/mol. The fourth-order valence-electron chi connectivity index (χ4n) is 1.45. The van der Waals surface area contributed by atoms with Crippen LogP contribution in [0.3, 0.4) is 0 Å². The van der Waals surface area contributed by atoms with Crippen LogP contribution in [-0.4, -0.2) is 34.2 Å². The number of nitrogens with one attached hydrogen (secondary N) is 1. The van der Waals surface area contributed by atoms with E-state index < -0.39 is 35.5 Å². The van der Waals surface area contributed by atoms with Gasteiger partial charge in [-0.15, -0.1) is 0 Å². The van der Waals surface area contributed by atoms with Gasteiger partial charge in [0.15, 0.2) is 0 Å². The summed E-state index contributed by atoms with van der Waals surface area (Å²) in [5.74, 6) is -3.83. The second kappa shape index (κ2) is 5.75. The zero-order valence-corrected chi connectivity index (χ0v) is 10.1. The summed E-state index contributed by atoms with van der Waals surface area (Å²) in [5.41, 5.74) is -1.89. The maximum atomic E-state index is 12.9. The van der Waals surface area contributed by atoms with Crippen molar-refractivity contribution in [2.24, 2.45) is 0 Å². The van der Waals surface area contributed by atoms with Gasteiger partial charge < -0.3 is 15.5 Å². The normalized spacial score (nSPS) is 13.7. The van der Waals surface area contributed by atoms with Crippen molar-refractivity contribution in [3.63, 3.8) is 0 Å². The van der Waals surface area contributed by atoms with Crippen LogP contribution in [-0.2, 0) is 4.79 Å². The van der Waals surface area contributed by atoms with E-state index in [1.807, 2.05) is 0 Å². The van der Waals surface area contributed by atoms with Crippen LogP contribution in [0.25, 0.3) is 0 Å². The van der Waals surface area contributed by atoms with Gasteiger partial charge in [0.25, 0.3) is 5.91 Å². The van der Waals surface area contributed by atoms with Gasteiger partial charge in [-0.2, -0.15) is 0 Å². The Balaban J connectivity index is 2.67. The molecule has 0 aliphatic rings. The van der Waals surface area contributed by atoms with Gasteiger partial charge in [-0.1, -0.05) is 0 Å². The summed E-state index contributed by atoms with van der Waals surface area (Å²) in [6, 6.07) is 2.30. The summed E-state index contributed by atoms with van der Waals surface area (Å²) >= 11 is 0. The Labute approximate surface area is 107 Å². The summed E-state index contributed by atoms with van der Waals surface area (Å²) in [6.07, 6.45) is -0.565. The van der Waals surface area contributed by atoms with Gasteiger partial charge in [0.1, 0.15) is 11.6 Å². The molecule has 0 saturated heterocycles. The molecule has 0 aliphatic heterocycles. The number of rotatable bonds is 5. The second-order valence-electron chi connectivity index (χ2n) is 4.41. The molecule has 1 aromatic rings. The maximum Gasteiger partial charge on any atom is 0.306 e. The van der Waals surface area contributed by atoms with Gasteiger partial charge in [0.05, 0.1) is 12.0 Å². The first-order chi connectivity index (χ1) is 8.69. The molecule has 1 amide bonds. The van der Waals surface area contributed by atoms with Crippen molar-refractivity contribution in [3.8, 4) is 0 Å². The molecule has 5 nitrogen and oxygen atoms in total. The van der Waals surface area contributed by atoms with Crippen LogP contribution in [0.5, 0.6) is 0 Å². The van der Waals surface area contributed by atoms with E-state index in [0.717, 1.165) is 12.1 Å². The molecule has 0 aromatic heterocycles. The highest BCUT2D eigenvalue weighted by Crippen LogP contribution is 2.10. The van der Waals surface area contributed by atoms with Crippen LogP contribution < -0.4 is 5.32 Å². The molecule has 0 fully saturated rings. The summed E-state index contributed by atoms with van der Waals surface area (Å²) in [6.45, 7) is 0.879. The van der Waals surface area contributed by atoms with E-state index in [0.29, 0.717) is 6.07 Å². The zero-order chi connectivity index (χ0) is 14.6. The Morgan fingerprint density at radius 2 is 1.79 bits per heavy atom. The maximum absolute atomic E-state index is 12.9. The SMILES string of the molecule is CC(O)(CNC(=O)c1cc(F)cc(F)c1)CC(=O)O. The summed E-state index contributed by atoms with van der Waals surface area (Å²) in [7, 11) is 0. The molecule has 1 unspecified atom stereocenters. The summed E-state index contributed by atoms with van der Waals surface area (Å²) < 4.78 is 25.8. The number of carbonyl (C=O) groups is 2. The van der Waals surface area contributed by atoms with Gasteiger partial charge in [-0.25, -0.2) is 8.78 Å². The van der Waals surface area contributed by atoms with E-state index in [9.17, 15) is 23.5 Å². The molecule has 0 saturated carbocycles. The van der Waals surface area contributed by atoms with E-state index in [4.69, 9.17) is 5.11 Å². The van der Waals surface area contributed by atoms with Crippen LogP contribution in [0, 0.1) is 11.6 Å². The highest BCUT2D eigenvalue weighted by Gasteiger charge is 2.25. The number of hydrogen-bond donors (Lipinski definition) is 3. The number of carboxylic acid groups (broad SMARTS) is 1. The van der Waals surface area contributed by atoms with Gasteiger partial charge in [0.2, 0.25) is 0 Å². The third kappa shape index (κ3) is 5.01. The minimum atomic E-state index is -1.65. The van der Waals surface area contributed by atoms with Crippen LogP contribution in [0.2, 0.25) is 0 Å². The molecule has 1 atom stereocenters. The van der Waals surface area contributed by atoms with Crippen LogP contribution >= 0.6 is 0 Å². The minimum Gasteiger partial charge on any atom is -0.481 e. The fraction of sp³-hybridized carbons (Fsp3) is 0.333. The third-order valence-corrected chi connectivity index (χ3v) is 2.29. The highest BCUT2D eigenvalue weighted by molar-refractivity contribution is 5.94. The number of hydrogen-bond acceptors (Lipinski definition) is 3. The minimum absolute atomic E-state index is 0.247. The molecule has 3 N–H and O–H groups in total. The molecule has 104 valence electrons. The average Bonchev–Trinajstić information content (AvgIpc) is 2.22. The molecule has 1 rings (SSSR count). The Morgan fingerprint density at radius 3 is 2.26 bits per heavy atom. The number of carbonyl (C=O) groups excluding carboxylic acids is 1. The molecular formula is C12H13F2NO4. The van der Waals surface area contributed by atoms with Crippen molar-refractivity contribution in [2.45, 2.75) is 18.9 Å². The van der Waals surface area contributed by atoms with E-state index in [-0.39, 0.29) is 12.1 Å². The number of amides is 1. The number of carboxylic acids is 1. The average molecular weight is 273 g/mol. The lowest BCUT2D eigenvalue weighted by Gasteiger charge is -2.21.